The summed E-state index contributed by atoms with van der Waals surface area (Å²) in [5.74, 6) is 0. The molecule has 1 aromatic carbocycles. The molecule has 0 atom stereocenters. The minimum Gasteiger partial charge on any atom is -0.310 e. The molecule has 0 aliphatic heterocycles. The van der Waals surface area contributed by atoms with Crippen LogP contribution in [-0.4, -0.2) is 11.0 Å². The van der Waals surface area contributed by atoms with Gasteiger partial charge in [0.25, 0.3) is 0 Å². The number of aromatic nitrogens is 1. The number of nitrogens with zero attached hydrogens (tertiary/aromatic N) is 1. The summed E-state index contributed by atoms with van der Waals surface area (Å²) in [6.45, 7) is 2.98. The van der Waals surface area contributed by atoms with E-state index < -0.39 is 0 Å². The zero-order valence-corrected chi connectivity index (χ0v) is 10.7. The Morgan fingerprint density at radius 1 is 1.17 bits per heavy atom. The van der Waals surface area contributed by atoms with E-state index >= 15 is 0 Å². The lowest BCUT2D eigenvalue weighted by molar-refractivity contribution is 0.688. The SMILES string of the molecule is Cc1ccc(-c2cccc(CNC3CC3)c2)cn1. The molecule has 1 aliphatic rings. The fraction of sp³-hybridized carbons (Fsp3) is 0.312. The molecule has 0 saturated heterocycles. The van der Waals surface area contributed by atoms with Crippen molar-refractivity contribution in [2.45, 2.75) is 32.4 Å². The highest BCUT2D eigenvalue weighted by Crippen LogP contribution is 2.22. The molecule has 0 spiro atoms. The second kappa shape index (κ2) is 4.91. The van der Waals surface area contributed by atoms with Gasteiger partial charge in [0.05, 0.1) is 0 Å². The highest BCUT2D eigenvalue weighted by molar-refractivity contribution is 5.63. The van der Waals surface area contributed by atoms with Gasteiger partial charge < -0.3 is 5.32 Å². The monoisotopic (exact) mass is 238 g/mol. The van der Waals surface area contributed by atoms with Crippen LogP contribution in [0.4, 0.5) is 0 Å². The first-order valence-electron chi connectivity index (χ1n) is 6.56. The van der Waals surface area contributed by atoms with Crippen LogP contribution >= 0.6 is 0 Å². The number of aryl methyl sites for hydroxylation is 1. The van der Waals surface area contributed by atoms with Gasteiger partial charge in [-0.1, -0.05) is 24.3 Å². The second-order valence-corrected chi connectivity index (χ2v) is 5.04. The lowest BCUT2D eigenvalue weighted by Gasteiger charge is -2.06. The van der Waals surface area contributed by atoms with E-state index in [-0.39, 0.29) is 0 Å². The van der Waals surface area contributed by atoms with Gasteiger partial charge in [-0.2, -0.15) is 0 Å². The van der Waals surface area contributed by atoms with Crippen LogP contribution in [0.5, 0.6) is 0 Å². The van der Waals surface area contributed by atoms with Crippen LogP contribution in [-0.2, 0) is 6.54 Å². The third kappa shape index (κ3) is 2.77. The van der Waals surface area contributed by atoms with Gasteiger partial charge >= 0.3 is 0 Å². The molecule has 1 saturated carbocycles. The summed E-state index contributed by atoms with van der Waals surface area (Å²) in [6, 6.07) is 13.7. The fourth-order valence-corrected chi connectivity index (χ4v) is 2.05. The molecule has 0 unspecified atom stereocenters. The molecule has 1 fully saturated rings. The second-order valence-electron chi connectivity index (χ2n) is 5.04. The van der Waals surface area contributed by atoms with Crippen molar-refractivity contribution in [3.05, 3.63) is 53.9 Å². The van der Waals surface area contributed by atoms with E-state index in [1.807, 2.05) is 13.1 Å². The summed E-state index contributed by atoms with van der Waals surface area (Å²) in [5.41, 5.74) is 4.84. The summed E-state index contributed by atoms with van der Waals surface area (Å²) in [7, 11) is 0. The maximum atomic E-state index is 4.35. The van der Waals surface area contributed by atoms with Gasteiger partial charge in [0, 0.05) is 30.0 Å². The molecule has 92 valence electrons. The van der Waals surface area contributed by atoms with Crippen LogP contribution in [0.25, 0.3) is 11.1 Å². The fourth-order valence-electron chi connectivity index (χ4n) is 2.05. The van der Waals surface area contributed by atoms with E-state index in [4.69, 9.17) is 0 Å². The Balaban J connectivity index is 1.78. The van der Waals surface area contributed by atoms with Crippen LogP contribution in [0.2, 0.25) is 0 Å². The predicted molar refractivity (Wildman–Crippen MR) is 74.3 cm³/mol. The van der Waals surface area contributed by atoms with E-state index in [9.17, 15) is 0 Å². The van der Waals surface area contributed by atoms with Crippen molar-refractivity contribution in [3.8, 4) is 11.1 Å². The lowest BCUT2D eigenvalue weighted by atomic mass is 10.0. The summed E-state index contributed by atoms with van der Waals surface area (Å²) >= 11 is 0. The highest BCUT2D eigenvalue weighted by Gasteiger charge is 2.19. The Labute approximate surface area is 108 Å². The first-order chi connectivity index (χ1) is 8.81. The van der Waals surface area contributed by atoms with E-state index in [1.165, 1.54) is 29.5 Å². The third-order valence-electron chi connectivity index (χ3n) is 3.34. The van der Waals surface area contributed by atoms with E-state index in [1.54, 1.807) is 0 Å². The van der Waals surface area contributed by atoms with Crippen LogP contribution in [0, 0.1) is 6.92 Å². The minimum absolute atomic E-state index is 0.759. The standard InChI is InChI=1S/C16H18N2/c1-12-5-6-15(11-17-12)14-4-2-3-13(9-14)10-18-16-7-8-16/h2-6,9,11,16,18H,7-8,10H2,1H3. The Kier molecular flexibility index (Phi) is 3.11. The molecule has 2 heteroatoms. The largest absolute Gasteiger partial charge is 0.310 e. The molecule has 0 radical (unpaired) electrons. The zero-order chi connectivity index (χ0) is 12.4. The number of rotatable bonds is 4. The smallest absolute Gasteiger partial charge is 0.0373 e. The molecule has 2 nitrogen and oxygen atoms in total. The Bertz CT molecular complexity index is 527. The third-order valence-corrected chi connectivity index (χ3v) is 3.34. The summed E-state index contributed by atoms with van der Waals surface area (Å²) in [4.78, 5) is 4.35. The van der Waals surface area contributed by atoms with E-state index in [0.29, 0.717) is 0 Å². The summed E-state index contributed by atoms with van der Waals surface area (Å²) < 4.78 is 0. The van der Waals surface area contributed by atoms with Gasteiger partial charge in [-0.3, -0.25) is 4.98 Å². The van der Waals surface area contributed by atoms with Crippen LogP contribution < -0.4 is 5.32 Å². The molecule has 18 heavy (non-hydrogen) atoms. The van der Waals surface area contributed by atoms with Crippen molar-refractivity contribution in [3.63, 3.8) is 0 Å². The number of hydrogen-bond acceptors (Lipinski definition) is 2. The van der Waals surface area contributed by atoms with Crippen molar-refractivity contribution in [2.75, 3.05) is 0 Å². The molecule has 1 aliphatic carbocycles. The number of pyridine rings is 1. The van der Waals surface area contributed by atoms with E-state index in [0.717, 1.165) is 18.3 Å². The Morgan fingerprint density at radius 3 is 2.78 bits per heavy atom. The average Bonchev–Trinajstić information content (AvgIpc) is 3.22. The van der Waals surface area contributed by atoms with Crippen molar-refractivity contribution in [1.82, 2.24) is 10.3 Å². The highest BCUT2D eigenvalue weighted by atomic mass is 14.9. The van der Waals surface area contributed by atoms with Crippen LogP contribution in [0.15, 0.2) is 42.6 Å². The average molecular weight is 238 g/mol. The molecule has 3 rings (SSSR count). The van der Waals surface area contributed by atoms with Crippen molar-refractivity contribution in [1.29, 1.82) is 0 Å². The maximum absolute atomic E-state index is 4.35. The normalized spacial score (nSPS) is 14.7. The van der Waals surface area contributed by atoms with Crippen molar-refractivity contribution < 1.29 is 0 Å². The van der Waals surface area contributed by atoms with Gasteiger partial charge in [0.1, 0.15) is 0 Å². The van der Waals surface area contributed by atoms with Crippen molar-refractivity contribution in [2.24, 2.45) is 0 Å². The molecule has 1 aromatic heterocycles. The van der Waals surface area contributed by atoms with Gasteiger partial charge in [-0.15, -0.1) is 0 Å². The minimum atomic E-state index is 0.759. The molecular formula is C16H18N2. The molecular weight excluding hydrogens is 220 g/mol. The van der Waals surface area contributed by atoms with Crippen LogP contribution in [0.3, 0.4) is 0 Å². The quantitative estimate of drug-likeness (QED) is 0.884. The van der Waals surface area contributed by atoms with E-state index in [2.05, 4.69) is 46.7 Å². The topological polar surface area (TPSA) is 24.9 Å². The number of benzene rings is 1. The van der Waals surface area contributed by atoms with Gasteiger partial charge in [0.2, 0.25) is 0 Å². The number of hydrogen-bond donors (Lipinski definition) is 1. The molecule has 1 N–H and O–H groups in total. The summed E-state index contributed by atoms with van der Waals surface area (Å²) in [5, 5.41) is 3.55. The van der Waals surface area contributed by atoms with Gasteiger partial charge in [-0.25, -0.2) is 0 Å². The molecule has 0 amide bonds. The Hall–Kier alpha value is -1.67. The van der Waals surface area contributed by atoms with Crippen molar-refractivity contribution >= 4 is 0 Å². The van der Waals surface area contributed by atoms with Gasteiger partial charge in [-0.05, 0) is 43.0 Å². The molecule has 2 aromatic rings. The molecule has 1 heterocycles. The maximum Gasteiger partial charge on any atom is 0.0373 e. The number of nitrogens with one attached hydrogen (secondary N) is 1. The molecule has 0 bridgehead atoms. The van der Waals surface area contributed by atoms with Crippen LogP contribution in [0.1, 0.15) is 24.1 Å². The summed E-state index contributed by atoms with van der Waals surface area (Å²) in [6.07, 6.45) is 4.62. The zero-order valence-electron chi connectivity index (χ0n) is 10.7. The first-order valence-corrected chi connectivity index (χ1v) is 6.56. The Morgan fingerprint density at radius 2 is 2.06 bits per heavy atom. The lowest BCUT2D eigenvalue weighted by Crippen LogP contribution is -2.15. The predicted octanol–water partition coefficient (Wildman–Crippen LogP) is 3.31. The van der Waals surface area contributed by atoms with Gasteiger partial charge in [0.15, 0.2) is 0 Å². The first kappa shape index (κ1) is 11.4.